The van der Waals surface area contributed by atoms with Crippen molar-refractivity contribution in [2.45, 2.75) is 63.5 Å². The number of amides is 1. The standard InChI is InChI=1S/C28H36N4O2/c1-17(2)32-12-22-8-9-27(22,15-32)21-6-4-19(5-7-21)20-10-23(24(29)30-11-20)25(34)31-28-13-26(14-28,16-33)18(28)3/h4-7,10-11,17-18,22,33H,8-9,12-16H2,1-3H3,(H2,29,30)(H,31,34)/t18-,22-,26?,27+,28?/m1/s1. The van der Waals surface area contributed by atoms with Gasteiger partial charge in [-0.25, -0.2) is 4.98 Å². The number of aliphatic hydroxyl groups is 1. The zero-order valence-corrected chi connectivity index (χ0v) is 20.5. The van der Waals surface area contributed by atoms with Gasteiger partial charge < -0.3 is 16.2 Å². The molecule has 1 amide bonds. The molecule has 34 heavy (non-hydrogen) atoms. The van der Waals surface area contributed by atoms with Crippen molar-refractivity contribution in [3.05, 3.63) is 47.7 Å². The van der Waals surface area contributed by atoms with Crippen molar-refractivity contribution in [3.8, 4) is 11.1 Å². The van der Waals surface area contributed by atoms with E-state index in [1.54, 1.807) is 6.20 Å². The monoisotopic (exact) mass is 460 g/mol. The topological polar surface area (TPSA) is 91.5 Å². The van der Waals surface area contributed by atoms with E-state index in [2.05, 4.69) is 60.2 Å². The molecule has 0 unspecified atom stereocenters. The highest BCUT2D eigenvalue weighted by atomic mass is 16.3. The Morgan fingerprint density at radius 3 is 2.59 bits per heavy atom. The van der Waals surface area contributed by atoms with Crippen molar-refractivity contribution < 1.29 is 9.90 Å². The molecule has 7 rings (SSSR count). The lowest BCUT2D eigenvalue weighted by Crippen LogP contribution is -2.81. The van der Waals surface area contributed by atoms with Gasteiger partial charge in [-0.1, -0.05) is 31.2 Å². The highest BCUT2D eigenvalue weighted by molar-refractivity contribution is 6.00. The van der Waals surface area contributed by atoms with Crippen LogP contribution in [0.25, 0.3) is 11.1 Å². The number of hydrogen-bond donors (Lipinski definition) is 3. The molecule has 4 N–H and O–H groups in total. The number of aromatic nitrogens is 1. The summed E-state index contributed by atoms with van der Waals surface area (Å²) in [7, 11) is 0. The Morgan fingerprint density at radius 1 is 1.26 bits per heavy atom. The number of nitrogen functional groups attached to an aromatic ring is 1. The molecule has 5 fully saturated rings. The highest BCUT2D eigenvalue weighted by Crippen LogP contribution is 2.70. The van der Waals surface area contributed by atoms with E-state index in [0.29, 0.717) is 17.0 Å². The maximum absolute atomic E-state index is 13.1. The van der Waals surface area contributed by atoms with Gasteiger partial charge in [0.05, 0.1) is 5.56 Å². The van der Waals surface area contributed by atoms with Crippen LogP contribution < -0.4 is 11.1 Å². The quantitative estimate of drug-likeness (QED) is 0.613. The number of likely N-dealkylation sites (tertiary alicyclic amines) is 1. The molecule has 1 aromatic carbocycles. The van der Waals surface area contributed by atoms with E-state index >= 15 is 0 Å². The lowest BCUT2D eigenvalue weighted by atomic mass is 9.33. The molecule has 0 spiro atoms. The van der Waals surface area contributed by atoms with Gasteiger partial charge in [0.15, 0.2) is 0 Å². The number of carbonyl (C=O) groups excluding carboxylic acids is 1. The molecule has 2 bridgehead atoms. The molecule has 180 valence electrons. The molecule has 3 atom stereocenters. The SMILES string of the molecule is CC(C)N1C[C@H]2CC[C@@]2(c2ccc(-c3cnc(N)c(C(=O)NC45CC(CO)(C4)[C@H]5C)c3)cc2)C1. The summed E-state index contributed by atoms with van der Waals surface area (Å²) in [6.07, 6.45) is 6.03. The third-order valence-corrected chi connectivity index (χ3v) is 10.1. The zero-order valence-electron chi connectivity index (χ0n) is 20.5. The van der Waals surface area contributed by atoms with E-state index in [9.17, 15) is 9.90 Å². The fourth-order valence-electron chi connectivity index (χ4n) is 7.44. The van der Waals surface area contributed by atoms with Crippen molar-refractivity contribution in [2.75, 3.05) is 25.4 Å². The van der Waals surface area contributed by atoms with Crippen molar-refractivity contribution in [1.82, 2.24) is 15.2 Å². The highest BCUT2D eigenvalue weighted by Gasteiger charge is 2.73. The molecule has 1 saturated heterocycles. The van der Waals surface area contributed by atoms with Crippen LogP contribution in [0.4, 0.5) is 5.82 Å². The maximum Gasteiger partial charge on any atom is 0.255 e. The van der Waals surface area contributed by atoms with Crippen LogP contribution in [0.1, 0.15) is 62.4 Å². The summed E-state index contributed by atoms with van der Waals surface area (Å²) in [5.74, 6) is 1.14. The van der Waals surface area contributed by atoms with Gasteiger partial charge >= 0.3 is 0 Å². The van der Waals surface area contributed by atoms with Gasteiger partial charge in [-0.05, 0) is 68.6 Å². The predicted molar refractivity (Wildman–Crippen MR) is 133 cm³/mol. The Bertz CT molecular complexity index is 1140. The summed E-state index contributed by atoms with van der Waals surface area (Å²) in [4.78, 5) is 20.1. The first-order valence-electron chi connectivity index (χ1n) is 12.8. The summed E-state index contributed by atoms with van der Waals surface area (Å²) in [6.45, 7) is 9.25. The van der Waals surface area contributed by atoms with Crippen LogP contribution in [-0.4, -0.2) is 52.2 Å². The molecule has 1 aliphatic heterocycles. The molecule has 4 saturated carbocycles. The van der Waals surface area contributed by atoms with Gasteiger partial charge in [0, 0.05) is 53.9 Å². The van der Waals surface area contributed by atoms with Gasteiger partial charge in [-0.15, -0.1) is 0 Å². The molecular weight excluding hydrogens is 424 g/mol. The van der Waals surface area contributed by atoms with Crippen molar-refractivity contribution in [2.24, 2.45) is 17.3 Å². The molecule has 2 aromatic rings. The maximum atomic E-state index is 13.1. The Kier molecular flexibility index (Phi) is 4.72. The summed E-state index contributed by atoms with van der Waals surface area (Å²) < 4.78 is 0. The molecular formula is C28H36N4O2. The first-order valence-corrected chi connectivity index (χ1v) is 12.8. The Hall–Kier alpha value is -2.44. The fraction of sp³-hybridized carbons (Fsp3) is 0.571. The average molecular weight is 461 g/mol. The molecule has 4 aliphatic carbocycles. The van der Waals surface area contributed by atoms with Crippen molar-refractivity contribution in [1.29, 1.82) is 0 Å². The van der Waals surface area contributed by atoms with E-state index in [-0.39, 0.29) is 35.2 Å². The molecule has 0 radical (unpaired) electrons. The van der Waals surface area contributed by atoms with E-state index in [4.69, 9.17) is 5.73 Å². The number of aliphatic hydroxyl groups excluding tert-OH is 1. The number of rotatable bonds is 6. The second-order valence-corrected chi connectivity index (χ2v) is 11.9. The number of carbonyl (C=O) groups is 1. The second-order valence-electron chi connectivity index (χ2n) is 11.9. The Morgan fingerprint density at radius 2 is 2.00 bits per heavy atom. The van der Waals surface area contributed by atoms with Crippen LogP contribution in [0.3, 0.4) is 0 Å². The van der Waals surface area contributed by atoms with E-state index < -0.39 is 0 Å². The number of hydrogen-bond acceptors (Lipinski definition) is 5. The number of nitrogens with two attached hydrogens (primary N) is 1. The van der Waals surface area contributed by atoms with Gasteiger partial charge in [0.2, 0.25) is 0 Å². The second kappa shape index (κ2) is 7.28. The van der Waals surface area contributed by atoms with Gasteiger partial charge in [-0.3, -0.25) is 9.69 Å². The predicted octanol–water partition coefficient (Wildman–Crippen LogP) is 3.59. The van der Waals surface area contributed by atoms with Gasteiger partial charge in [0.1, 0.15) is 5.82 Å². The number of benzene rings is 1. The third-order valence-electron chi connectivity index (χ3n) is 10.1. The lowest BCUT2D eigenvalue weighted by molar-refractivity contribution is -0.234. The number of pyridine rings is 1. The van der Waals surface area contributed by atoms with Crippen molar-refractivity contribution >= 4 is 11.7 Å². The molecule has 6 nitrogen and oxygen atoms in total. The van der Waals surface area contributed by atoms with Gasteiger partial charge in [-0.2, -0.15) is 0 Å². The molecule has 5 aliphatic rings. The van der Waals surface area contributed by atoms with Crippen LogP contribution in [0.15, 0.2) is 36.5 Å². The van der Waals surface area contributed by atoms with Crippen LogP contribution >= 0.6 is 0 Å². The zero-order chi connectivity index (χ0) is 23.9. The van der Waals surface area contributed by atoms with E-state index in [0.717, 1.165) is 36.4 Å². The summed E-state index contributed by atoms with van der Waals surface area (Å²) in [6, 6.07) is 11.3. The lowest BCUT2D eigenvalue weighted by Gasteiger charge is -2.75. The number of nitrogens with zero attached hydrogens (tertiary/aromatic N) is 2. The fourth-order valence-corrected chi connectivity index (χ4v) is 7.44. The summed E-state index contributed by atoms with van der Waals surface area (Å²) in [5, 5.41) is 12.8. The average Bonchev–Trinajstić information content (AvgIpc) is 3.07. The van der Waals surface area contributed by atoms with Gasteiger partial charge in [0.25, 0.3) is 5.91 Å². The Labute approximate surface area is 201 Å². The van der Waals surface area contributed by atoms with Crippen LogP contribution in [0, 0.1) is 17.3 Å². The Balaban J connectivity index is 1.21. The minimum Gasteiger partial charge on any atom is -0.396 e. The number of anilines is 1. The summed E-state index contributed by atoms with van der Waals surface area (Å²) >= 11 is 0. The first kappa shape index (κ1) is 22.1. The van der Waals surface area contributed by atoms with E-state index in [1.165, 1.54) is 24.9 Å². The minimum absolute atomic E-state index is 0.00509. The minimum atomic E-state index is -0.201. The smallest absolute Gasteiger partial charge is 0.255 e. The first-order chi connectivity index (χ1) is 16.2. The van der Waals surface area contributed by atoms with Crippen LogP contribution in [0.2, 0.25) is 0 Å². The van der Waals surface area contributed by atoms with E-state index in [1.807, 2.05) is 6.07 Å². The molecule has 1 aromatic heterocycles. The molecule has 6 heteroatoms. The third kappa shape index (κ3) is 2.88. The van der Waals surface area contributed by atoms with Crippen LogP contribution in [-0.2, 0) is 5.41 Å². The number of fused-ring (bicyclic) bond motifs is 1. The normalized spacial score (nSPS) is 35.8. The molecule has 2 heterocycles. The number of nitrogens with one attached hydrogen (secondary N) is 1. The van der Waals surface area contributed by atoms with Crippen molar-refractivity contribution in [3.63, 3.8) is 0 Å². The van der Waals surface area contributed by atoms with Crippen LogP contribution in [0.5, 0.6) is 0 Å². The summed E-state index contributed by atoms with van der Waals surface area (Å²) in [5.41, 5.74) is 10.0. The largest absolute Gasteiger partial charge is 0.396 e.